The van der Waals surface area contributed by atoms with Crippen LogP contribution in [0.3, 0.4) is 0 Å². The van der Waals surface area contributed by atoms with Crippen LogP contribution in [0.15, 0.2) is 78.9 Å². The van der Waals surface area contributed by atoms with E-state index in [9.17, 15) is 19.3 Å². The molecule has 3 aromatic carbocycles. The molecule has 0 unspecified atom stereocenters. The first-order valence-corrected chi connectivity index (χ1v) is 13.8. The fourth-order valence-corrected chi connectivity index (χ4v) is 5.35. The standard InChI is InChI=1S/C28H32NO7P/c1-3-35-37(33,36-4-2)20-23-10-14-24(15-11-23)27(30)29-26(28(31)32)18-21-12-16-25(17-13-21)34-19-22-8-6-5-7-9-22/h5-17,26H,3-4,18-20H2,1-2H3,(H,29,30)(H,31,32)/t26-/m1/s1. The second-order valence-electron chi connectivity index (χ2n) is 8.29. The number of benzene rings is 3. The Morgan fingerprint density at radius 1 is 0.838 bits per heavy atom. The van der Waals surface area contributed by atoms with Crippen LogP contribution in [0.1, 0.15) is 40.9 Å². The lowest BCUT2D eigenvalue weighted by molar-refractivity contribution is -0.139. The number of carbonyl (C=O) groups is 2. The summed E-state index contributed by atoms with van der Waals surface area (Å²) in [5.74, 6) is -0.981. The highest BCUT2D eigenvalue weighted by molar-refractivity contribution is 7.53. The Balaban J connectivity index is 1.58. The van der Waals surface area contributed by atoms with E-state index in [4.69, 9.17) is 13.8 Å². The number of ether oxygens (including phenoxy) is 1. The number of amides is 1. The highest BCUT2D eigenvalue weighted by Crippen LogP contribution is 2.51. The molecule has 0 radical (unpaired) electrons. The molecule has 37 heavy (non-hydrogen) atoms. The quantitative estimate of drug-likeness (QED) is 0.269. The van der Waals surface area contributed by atoms with Crippen molar-refractivity contribution in [2.24, 2.45) is 0 Å². The summed E-state index contributed by atoms with van der Waals surface area (Å²) in [4.78, 5) is 24.6. The summed E-state index contributed by atoms with van der Waals surface area (Å²) in [6.45, 7) is 4.44. The van der Waals surface area contributed by atoms with E-state index in [0.29, 0.717) is 23.5 Å². The number of hydrogen-bond donors (Lipinski definition) is 2. The average molecular weight is 526 g/mol. The van der Waals surface area contributed by atoms with Crippen LogP contribution in [0.5, 0.6) is 5.75 Å². The monoisotopic (exact) mass is 525 g/mol. The van der Waals surface area contributed by atoms with E-state index >= 15 is 0 Å². The lowest BCUT2D eigenvalue weighted by Crippen LogP contribution is -2.42. The van der Waals surface area contributed by atoms with Crippen molar-refractivity contribution in [2.75, 3.05) is 13.2 Å². The zero-order valence-electron chi connectivity index (χ0n) is 21.0. The van der Waals surface area contributed by atoms with Gasteiger partial charge in [-0.2, -0.15) is 0 Å². The lowest BCUT2D eigenvalue weighted by Gasteiger charge is -2.17. The van der Waals surface area contributed by atoms with Gasteiger partial charge in [0, 0.05) is 12.0 Å². The molecule has 3 rings (SSSR count). The number of rotatable bonds is 14. The van der Waals surface area contributed by atoms with E-state index in [1.165, 1.54) is 0 Å². The van der Waals surface area contributed by atoms with E-state index in [0.717, 1.165) is 11.1 Å². The first-order chi connectivity index (χ1) is 17.8. The Morgan fingerprint density at radius 3 is 2.00 bits per heavy atom. The van der Waals surface area contributed by atoms with Gasteiger partial charge in [-0.15, -0.1) is 0 Å². The summed E-state index contributed by atoms with van der Waals surface area (Å²) in [6, 6.07) is 22.2. The van der Waals surface area contributed by atoms with Gasteiger partial charge in [0.2, 0.25) is 0 Å². The van der Waals surface area contributed by atoms with Crippen molar-refractivity contribution in [3.63, 3.8) is 0 Å². The lowest BCUT2D eigenvalue weighted by atomic mass is 10.0. The highest BCUT2D eigenvalue weighted by atomic mass is 31.2. The summed E-state index contributed by atoms with van der Waals surface area (Å²) < 4.78 is 29.1. The normalized spacial score (nSPS) is 12.1. The molecule has 0 aliphatic carbocycles. The number of carbonyl (C=O) groups excluding carboxylic acids is 1. The third-order valence-electron chi connectivity index (χ3n) is 5.46. The Kier molecular flexibility index (Phi) is 10.4. The smallest absolute Gasteiger partial charge is 0.335 e. The Hall–Kier alpha value is -3.45. The summed E-state index contributed by atoms with van der Waals surface area (Å²) in [7, 11) is -3.27. The van der Waals surface area contributed by atoms with Crippen molar-refractivity contribution < 1.29 is 33.0 Å². The largest absolute Gasteiger partial charge is 0.489 e. The van der Waals surface area contributed by atoms with Crippen molar-refractivity contribution in [2.45, 2.75) is 39.1 Å². The molecule has 9 heteroatoms. The van der Waals surface area contributed by atoms with Gasteiger partial charge in [0.25, 0.3) is 5.91 Å². The second kappa shape index (κ2) is 13.7. The number of hydrogen-bond acceptors (Lipinski definition) is 6. The van der Waals surface area contributed by atoms with E-state index < -0.39 is 25.5 Å². The van der Waals surface area contributed by atoms with Gasteiger partial charge in [0.15, 0.2) is 0 Å². The molecule has 8 nitrogen and oxygen atoms in total. The maximum atomic E-state index is 12.7. The van der Waals surface area contributed by atoms with Gasteiger partial charge in [-0.05, 0) is 54.8 Å². The molecule has 0 saturated carbocycles. The molecule has 0 aliphatic rings. The van der Waals surface area contributed by atoms with E-state index in [2.05, 4.69) is 5.32 Å². The molecule has 0 saturated heterocycles. The van der Waals surface area contributed by atoms with Gasteiger partial charge in [0.05, 0.1) is 19.4 Å². The molecular formula is C28H32NO7P. The molecular weight excluding hydrogens is 493 g/mol. The number of carboxylic acid groups (broad SMARTS) is 1. The molecule has 3 aromatic rings. The Morgan fingerprint density at radius 2 is 1.43 bits per heavy atom. The summed E-state index contributed by atoms with van der Waals surface area (Å²) >= 11 is 0. The van der Waals surface area contributed by atoms with Crippen LogP contribution in [-0.4, -0.2) is 36.2 Å². The van der Waals surface area contributed by atoms with Crippen LogP contribution < -0.4 is 10.1 Å². The van der Waals surface area contributed by atoms with Crippen molar-refractivity contribution in [1.29, 1.82) is 0 Å². The van der Waals surface area contributed by atoms with Crippen LogP contribution >= 0.6 is 7.60 Å². The molecule has 0 spiro atoms. The topological polar surface area (TPSA) is 111 Å². The molecule has 0 aliphatic heterocycles. The highest BCUT2D eigenvalue weighted by Gasteiger charge is 2.25. The first-order valence-electron chi connectivity index (χ1n) is 12.1. The number of nitrogens with one attached hydrogen (secondary N) is 1. The summed E-state index contributed by atoms with van der Waals surface area (Å²) in [5, 5.41) is 12.2. The number of carboxylic acids is 1. The minimum Gasteiger partial charge on any atom is -0.489 e. The van der Waals surface area contributed by atoms with Gasteiger partial charge in [0.1, 0.15) is 18.4 Å². The molecule has 196 valence electrons. The minimum atomic E-state index is -3.27. The van der Waals surface area contributed by atoms with Gasteiger partial charge in [-0.1, -0.05) is 54.6 Å². The SMILES string of the molecule is CCOP(=O)(Cc1ccc(C(=O)N[C@H](Cc2ccc(OCc3ccccc3)cc2)C(=O)O)cc1)OCC. The summed E-state index contributed by atoms with van der Waals surface area (Å²) in [6.07, 6.45) is 0.198. The van der Waals surface area contributed by atoms with Crippen LogP contribution in [0, 0.1) is 0 Å². The average Bonchev–Trinajstić information content (AvgIpc) is 2.89. The fraction of sp³-hybridized carbons (Fsp3) is 0.286. The van der Waals surface area contributed by atoms with Crippen molar-refractivity contribution in [1.82, 2.24) is 5.32 Å². The first kappa shape index (κ1) is 28.1. The molecule has 2 N–H and O–H groups in total. The van der Waals surface area contributed by atoms with Gasteiger partial charge in [-0.3, -0.25) is 9.36 Å². The van der Waals surface area contributed by atoms with Gasteiger partial charge >= 0.3 is 13.6 Å². The maximum Gasteiger partial charge on any atom is 0.335 e. The molecule has 0 aromatic heterocycles. The predicted molar refractivity (Wildman–Crippen MR) is 141 cm³/mol. The van der Waals surface area contributed by atoms with Crippen LogP contribution in [0.25, 0.3) is 0 Å². The number of aliphatic carboxylic acids is 1. The molecule has 0 fully saturated rings. The Bertz CT molecular complexity index is 1190. The fourth-order valence-electron chi connectivity index (χ4n) is 3.65. The van der Waals surface area contributed by atoms with Crippen molar-refractivity contribution >= 4 is 19.5 Å². The van der Waals surface area contributed by atoms with Crippen molar-refractivity contribution in [3.05, 3.63) is 101 Å². The third kappa shape index (κ3) is 8.86. The van der Waals surface area contributed by atoms with E-state index in [1.807, 2.05) is 30.3 Å². The zero-order valence-corrected chi connectivity index (χ0v) is 21.9. The van der Waals surface area contributed by atoms with Gasteiger partial charge in [-0.25, -0.2) is 4.79 Å². The van der Waals surface area contributed by atoms with Crippen LogP contribution in [0.2, 0.25) is 0 Å². The summed E-state index contributed by atoms with van der Waals surface area (Å²) in [5.41, 5.74) is 2.78. The van der Waals surface area contributed by atoms with E-state index in [-0.39, 0.29) is 25.8 Å². The predicted octanol–water partition coefficient (Wildman–Crippen LogP) is 5.46. The third-order valence-corrected chi connectivity index (χ3v) is 7.51. The van der Waals surface area contributed by atoms with Crippen LogP contribution in [-0.2, 0) is 37.6 Å². The van der Waals surface area contributed by atoms with Crippen LogP contribution in [0.4, 0.5) is 0 Å². The second-order valence-corrected chi connectivity index (χ2v) is 10.3. The zero-order chi connectivity index (χ0) is 26.7. The molecule has 1 atom stereocenters. The van der Waals surface area contributed by atoms with E-state index in [1.54, 1.807) is 62.4 Å². The molecule has 0 heterocycles. The van der Waals surface area contributed by atoms with Gasteiger partial charge < -0.3 is 24.2 Å². The minimum absolute atomic E-state index is 0.0827. The Labute approximate surface area is 217 Å². The maximum absolute atomic E-state index is 12.7. The molecule has 0 bridgehead atoms. The molecule has 1 amide bonds. The van der Waals surface area contributed by atoms with Crippen molar-refractivity contribution in [3.8, 4) is 5.75 Å².